The standard InChI is InChI=1S/C25H28FN5O3S/c1-2-11-29-17-23(16-27-29)35(33,34)30-12-9-25(18-32,10-13-30)20-3-8-24-19(14-20)15-28-31(24)22-6-4-21(26)5-7-22/h3-8,14-17,32H,2,9-13,18H2,1H3. The van der Waals surface area contributed by atoms with Crippen LogP contribution in [-0.2, 0) is 22.0 Å². The van der Waals surface area contributed by atoms with E-state index in [1.807, 2.05) is 25.1 Å². The Kier molecular flexibility index (Phi) is 6.20. The second kappa shape index (κ2) is 9.18. The summed E-state index contributed by atoms with van der Waals surface area (Å²) in [4.78, 5) is 0.206. The fourth-order valence-electron chi connectivity index (χ4n) is 4.82. The lowest BCUT2D eigenvalue weighted by atomic mass is 9.73. The highest BCUT2D eigenvalue weighted by Gasteiger charge is 2.40. The van der Waals surface area contributed by atoms with Crippen molar-refractivity contribution in [1.82, 2.24) is 23.9 Å². The van der Waals surface area contributed by atoms with Gasteiger partial charge in [0.05, 0.1) is 30.2 Å². The van der Waals surface area contributed by atoms with Gasteiger partial charge in [0.2, 0.25) is 10.0 Å². The molecule has 5 rings (SSSR count). The van der Waals surface area contributed by atoms with Gasteiger partial charge in [-0.2, -0.15) is 14.5 Å². The quantitative estimate of drug-likeness (QED) is 0.422. The number of hydrogen-bond donors (Lipinski definition) is 1. The number of benzene rings is 2. The molecule has 1 N–H and O–H groups in total. The summed E-state index contributed by atoms with van der Waals surface area (Å²) in [6.45, 7) is 3.24. The average Bonchev–Trinajstić information content (AvgIpc) is 3.52. The lowest BCUT2D eigenvalue weighted by Gasteiger charge is -2.40. The van der Waals surface area contributed by atoms with Gasteiger partial charge in [-0.15, -0.1) is 0 Å². The predicted octanol–water partition coefficient (Wildman–Crippen LogP) is 3.49. The van der Waals surface area contributed by atoms with Crippen LogP contribution in [0.3, 0.4) is 0 Å². The molecule has 0 radical (unpaired) electrons. The van der Waals surface area contributed by atoms with Crippen LogP contribution in [0.1, 0.15) is 31.7 Å². The Morgan fingerprint density at radius 2 is 1.80 bits per heavy atom. The van der Waals surface area contributed by atoms with Crippen LogP contribution in [0.4, 0.5) is 4.39 Å². The van der Waals surface area contributed by atoms with Gasteiger partial charge >= 0.3 is 0 Å². The lowest BCUT2D eigenvalue weighted by molar-refractivity contribution is 0.134. The predicted molar refractivity (Wildman–Crippen MR) is 130 cm³/mol. The van der Waals surface area contributed by atoms with Gasteiger partial charge in [0.15, 0.2) is 0 Å². The van der Waals surface area contributed by atoms with Gasteiger partial charge in [-0.25, -0.2) is 17.5 Å². The molecule has 10 heteroatoms. The Labute approximate surface area is 203 Å². The van der Waals surface area contributed by atoms with Crippen LogP contribution in [0.15, 0.2) is 66.0 Å². The number of halogens is 1. The maximum Gasteiger partial charge on any atom is 0.246 e. The highest BCUT2D eigenvalue weighted by molar-refractivity contribution is 7.89. The lowest BCUT2D eigenvalue weighted by Crippen LogP contribution is -2.46. The zero-order valence-corrected chi connectivity index (χ0v) is 20.3. The molecule has 1 aliphatic rings. The number of nitrogens with zero attached hydrogens (tertiary/aromatic N) is 5. The summed E-state index contributed by atoms with van der Waals surface area (Å²) < 4.78 is 44.5. The molecule has 1 fully saturated rings. The van der Waals surface area contributed by atoms with Crippen molar-refractivity contribution in [1.29, 1.82) is 0 Å². The molecule has 0 bridgehead atoms. The smallest absolute Gasteiger partial charge is 0.246 e. The molecule has 1 aliphatic heterocycles. The third-order valence-corrected chi connectivity index (χ3v) is 8.79. The molecule has 0 atom stereocenters. The summed E-state index contributed by atoms with van der Waals surface area (Å²) in [5.74, 6) is -0.305. The number of hydrogen-bond acceptors (Lipinski definition) is 5. The van der Waals surface area contributed by atoms with Crippen molar-refractivity contribution >= 4 is 20.9 Å². The van der Waals surface area contributed by atoms with Gasteiger partial charge in [-0.3, -0.25) is 4.68 Å². The Hall–Kier alpha value is -3.08. The summed E-state index contributed by atoms with van der Waals surface area (Å²) in [6.07, 6.45) is 6.62. The van der Waals surface area contributed by atoms with Gasteiger partial charge in [-0.05, 0) is 61.2 Å². The van der Waals surface area contributed by atoms with E-state index in [0.29, 0.717) is 32.5 Å². The van der Waals surface area contributed by atoms with Crippen LogP contribution < -0.4 is 0 Å². The molecule has 2 aromatic heterocycles. The Morgan fingerprint density at radius 1 is 1.06 bits per heavy atom. The van der Waals surface area contributed by atoms with Crippen LogP contribution in [0, 0.1) is 5.82 Å². The van der Waals surface area contributed by atoms with Crippen LogP contribution in [0.5, 0.6) is 0 Å². The molecule has 4 aromatic rings. The van der Waals surface area contributed by atoms with Crippen molar-refractivity contribution in [2.24, 2.45) is 0 Å². The fourth-order valence-corrected chi connectivity index (χ4v) is 6.22. The summed E-state index contributed by atoms with van der Waals surface area (Å²) in [6, 6.07) is 12.1. The van der Waals surface area contributed by atoms with Crippen LogP contribution >= 0.6 is 0 Å². The summed E-state index contributed by atoms with van der Waals surface area (Å²) in [5, 5.41) is 19.9. The Bertz CT molecular complexity index is 1440. The zero-order chi connectivity index (χ0) is 24.6. The Morgan fingerprint density at radius 3 is 2.49 bits per heavy atom. The van der Waals surface area contributed by atoms with Gasteiger partial charge in [0.25, 0.3) is 0 Å². The molecule has 0 amide bonds. The van der Waals surface area contributed by atoms with E-state index < -0.39 is 15.4 Å². The third-order valence-electron chi connectivity index (χ3n) is 6.93. The maximum atomic E-state index is 13.3. The van der Waals surface area contributed by atoms with Crippen molar-refractivity contribution in [2.45, 2.75) is 43.0 Å². The third kappa shape index (κ3) is 4.26. The number of aryl methyl sites for hydroxylation is 1. The zero-order valence-electron chi connectivity index (χ0n) is 19.5. The molecule has 35 heavy (non-hydrogen) atoms. The molecule has 0 unspecified atom stereocenters. The van der Waals surface area contributed by atoms with Crippen LogP contribution in [0.2, 0.25) is 0 Å². The van der Waals surface area contributed by atoms with Crippen LogP contribution in [-0.4, -0.2) is 57.1 Å². The van der Waals surface area contributed by atoms with E-state index in [-0.39, 0.29) is 17.3 Å². The second-order valence-electron chi connectivity index (χ2n) is 9.09. The van der Waals surface area contributed by atoms with E-state index in [1.165, 1.54) is 22.6 Å². The van der Waals surface area contributed by atoms with Gasteiger partial charge < -0.3 is 5.11 Å². The first-order chi connectivity index (χ1) is 16.9. The molecule has 3 heterocycles. The van der Waals surface area contributed by atoms with E-state index in [4.69, 9.17) is 0 Å². The minimum absolute atomic E-state index is 0.0765. The van der Waals surface area contributed by atoms with Gasteiger partial charge in [0, 0.05) is 36.6 Å². The number of piperidine rings is 1. The SMILES string of the molecule is CCCn1cc(S(=O)(=O)N2CCC(CO)(c3ccc4c(cnn4-c4ccc(F)cc4)c3)CC2)cn1. The van der Waals surface area contributed by atoms with E-state index in [9.17, 15) is 17.9 Å². The first-order valence-corrected chi connectivity index (χ1v) is 13.2. The number of aliphatic hydroxyl groups excluding tert-OH is 1. The van der Waals surface area contributed by atoms with Crippen LogP contribution in [0.25, 0.3) is 16.6 Å². The van der Waals surface area contributed by atoms with Crippen molar-refractivity contribution in [3.63, 3.8) is 0 Å². The van der Waals surface area contributed by atoms with E-state index in [1.54, 1.807) is 33.9 Å². The molecule has 0 saturated carbocycles. The van der Waals surface area contributed by atoms with Crippen molar-refractivity contribution < 1.29 is 17.9 Å². The molecule has 8 nitrogen and oxygen atoms in total. The number of aromatic nitrogens is 4. The topological polar surface area (TPSA) is 93.3 Å². The molecule has 184 valence electrons. The van der Waals surface area contributed by atoms with E-state index >= 15 is 0 Å². The summed E-state index contributed by atoms with van der Waals surface area (Å²) in [5.41, 5.74) is 2.05. The summed E-state index contributed by atoms with van der Waals surface area (Å²) in [7, 11) is -3.64. The second-order valence-corrected chi connectivity index (χ2v) is 11.0. The molecule has 1 saturated heterocycles. The summed E-state index contributed by atoms with van der Waals surface area (Å²) >= 11 is 0. The number of aliphatic hydroxyl groups is 1. The molecule has 0 aliphatic carbocycles. The van der Waals surface area contributed by atoms with Gasteiger partial charge in [0.1, 0.15) is 10.7 Å². The molecular weight excluding hydrogens is 469 g/mol. The first-order valence-electron chi connectivity index (χ1n) is 11.7. The number of sulfonamides is 1. The largest absolute Gasteiger partial charge is 0.395 e. The van der Waals surface area contributed by atoms with Gasteiger partial charge in [-0.1, -0.05) is 13.0 Å². The van der Waals surface area contributed by atoms with Crippen molar-refractivity contribution in [2.75, 3.05) is 19.7 Å². The first kappa shape index (κ1) is 23.7. The monoisotopic (exact) mass is 497 g/mol. The normalized spacial score (nSPS) is 16.7. The molecule has 2 aromatic carbocycles. The number of fused-ring (bicyclic) bond motifs is 1. The fraction of sp³-hybridized carbons (Fsp3) is 0.360. The highest BCUT2D eigenvalue weighted by atomic mass is 32.2. The molecular formula is C25H28FN5O3S. The minimum Gasteiger partial charge on any atom is -0.395 e. The molecule has 0 spiro atoms. The average molecular weight is 498 g/mol. The minimum atomic E-state index is -3.64. The van der Waals surface area contributed by atoms with E-state index in [0.717, 1.165) is 28.6 Å². The van der Waals surface area contributed by atoms with Crippen molar-refractivity contribution in [3.8, 4) is 5.69 Å². The van der Waals surface area contributed by atoms with E-state index in [2.05, 4.69) is 10.2 Å². The van der Waals surface area contributed by atoms with Crippen molar-refractivity contribution in [3.05, 3.63) is 72.4 Å². The Balaban J connectivity index is 1.38. The maximum absolute atomic E-state index is 13.3. The highest BCUT2D eigenvalue weighted by Crippen LogP contribution is 2.38. The number of rotatable bonds is 7.